The van der Waals surface area contributed by atoms with Gasteiger partial charge in [0.25, 0.3) is 0 Å². The summed E-state index contributed by atoms with van der Waals surface area (Å²) in [6.07, 6.45) is 11.1. The molecule has 0 aliphatic heterocycles. The molecule has 4 rings (SSSR count). The molecule has 1 N–H and O–H groups in total. The minimum absolute atomic E-state index is 0.703. The zero-order chi connectivity index (χ0) is 12.7. The van der Waals surface area contributed by atoms with Crippen molar-refractivity contribution in [1.29, 1.82) is 0 Å². The first-order valence-corrected chi connectivity index (χ1v) is 7.12. The zero-order valence-electron chi connectivity index (χ0n) is 10.9. The van der Waals surface area contributed by atoms with Crippen molar-refractivity contribution in [2.45, 2.75) is 44.2 Å². The molecule has 2 saturated carbocycles. The van der Waals surface area contributed by atoms with E-state index in [1.165, 1.54) is 36.9 Å². The fraction of sp³-hybridized carbons (Fsp3) is 0.467. The van der Waals surface area contributed by atoms with Crippen molar-refractivity contribution in [1.82, 2.24) is 20.1 Å². The summed E-state index contributed by atoms with van der Waals surface area (Å²) in [5, 5.41) is 8.16. The van der Waals surface area contributed by atoms with Gasteiger partial charge in [0.2, 0.25) is 0 Å². The van der Waals surface area contributed by atoms with Gasteiger partial charge in [0.05, 0.1) is 17.6 Å². The Morgan fingerprint density at radius 3 is 2.89 bits per heavy atom. The van der Waals surface area contributed by atoms with Crippen molar-refractivity contribution in [3.05, 3.63) is 42.0 Å². The molecular formula is C15H18N4. The van der Waals surface area contributed by atoms with E-state index in [2.05, 4.69) is 27.5 Å². The predicted molar refractivity (Wildman–Crippen MR) is 73.2 cm³/mol. The lowest BCUT2D eigenvalue weighted by molar-refractivity contribution is 0.684. The molecule has 2 fully saturated rings. The van der Waals surface area contributed by atoms with Crippen LogP contribution in [0.1, 0.15) is 42.9 Å². The average molecular weight is 254 g/mol. The minimum Gasteiger partial charge on any atom is -0.310 e. The van der Waals surface area contributed by atoms with Gasteiger partial charge in [0.15, 0.2) is 0 Å². The molecule has 0 atom stereocenters. The first kappa shape index (κ1) is 11.2. The van der Waals surface area contributed by atoms with E-state index in [-0.39, 0.29) is 0 Å². The predicted octanol–water partition coefficient (Wildman–Crippen LogP) is 2.40. The van der Waals surface area contributed by atoms with Gasteiger partial charge in [0.1, 0.15) is 0 Å². The Balaban J connectivity index is 1.53. The average Bonchev–Trinajstić information content (AvgIpc) is 3.37. The van der Waals surface area contributed by atoms with E-state index in [0.717, 1.165) is 18.3 Å². The summed E-state index contributed by atoms with van der Waals surface area (Å²) in [6.45, 7) is 0.905. The maximum absolute atomic E-state index is 4.65. The third-order valence-electron chi connectivity index (χ3n) is 3.82. The molecule has 19 heavy (non-hydrogen) atoms. The molecule has 2 aromatic heterocycles. The second kappa shape index (κ2) is 4.46. The van der Waals surface area contributed by atoms with Gasteiger partial charge >= 0.3 is 0 Å². The highest BCUT2D eigenvalue weighted by molar-refractivity contribution is 5.32. The van der Waals surface area contributed by atoms with Gasteiger partial charge in [-0.1, -0.05) is 0 Å². The Hall–Kier alpha value is -1.68. The molecule has 0 saturated heterocycles. The number of aromatic nitrogens is 3. The quantitative estimate of drug-likeness (QED) is 0.891. The number of nitrogens with one attached hydrogen (secondary N) is 1. The number of nitrogens with zero attached hydrogens (tertiary/aromatic N) is 3. The molecular weight excluding hydrogens is 236 g/mol. The maximum Gasteiger partial charge on any atom is 0.0832 e. The normalized spacial score (nSPS) is 18.7. The van der Waals surface area contributed by atoms with Gasteiger partial charge in [0, 0.05) is 30.9 Å². The van der Waals surface area contributed by atoms with Crippen LogP contribution >= 0.6 is 0 Å². The van der Waals surface area contributed by atoms with Crippen LogP contribution in [0.2, 0.25) is 0 Å². The highest BCUT2D eigenvalue weighted by atomic mass is 15.3. The largest absolute Gasteiger partial charge is 0.310 e. The molecule has 4 nitrogen and oxygen atoms in total. The van der Waals surface area contributed by atoms with Crippen molar-refractivity contribution in [3.8, 4) is 5.69 Å². The van der Waals surface area contributed by atoms with Gasteiger partial charge in [-0.25, -0.2) is 4.68 Å². The van der Waals surface area contributed by atoms with Crippen LogP contribution in [0, 0.1) is 0 Å². The van der Waals surface area contributed by atoms with Crippen LogP contribution in [0.25, 0.3) is 5.69 Å². The van der Waals surface area contributed by atoms with E-state index in [1.54, 1.807) is 0 Å². The lowest BCUT2D eigenvalue weighted by atomic mass is 10.2. The van der Waals surface area contributed by atoms with Crippen LogP contribution < -0.4 is 5.32 Å². The molecule has 0 radical (unpaired) electrons. The molecule has 2 aliphatic carbocycles. The van der Waals surface area contributed by atoms with E-state index < -0.39 is 0 Å². The number of rotatable bonds is 5. The Morgan fingerprint density at radius 2 is 2.11 bits per heavy atom. The highest BCUT2D eigenvalue weighted by Gasteiger charge is 2.26. The van der Waals surface area contributed by atoms with Gasteiger partial charge < -0.3 is 5.32 Å². The first-order chi connectivity index (χ1) is 9.38. The van der Waals surface area contributed by atoms with Gasteiger partial charge in [-0.2, -0.15) is 5.10 Å². The summed E-state index contributed by atoms with van der Waals surface area (Å²) in [6, 6.07) is 5.04. The molecule has 0 aromatic carbocycles. The Morgan fingerprint density at radius 1 is 1.21 bits per heavy atom. The standard InChI is InChI=1S/C15H18N4/c1-2-12(1)15-5-6-19(18-15)14-7-11(8-16-10-14)9-17-13-3-4-13/h5-8,10,12-13,17H,1-4,9H2. The molecule has 0 amide bonds. The molecule has 0 bridgehead atoms. The van der Waals surface area contributed by atoms with Crippen molar-refractivity contribution in [2.75, 3.05) is 0 Å². The van der Waals surface area contributed by atoms with Crippen molar-refractivity contribution >= 4 is 0 Å². The fourth-order valence-corrected chi connectivity index (χ4v) is 2.32. The van der Waals surface area contributed by atoms with Crippen LogP contribution in [0.4, 0.5) is 0 Å². The first-order valence-electron chi connectivity index (χ1n) is 7.12. The molecule has 98 valence electrons. The summed E-state index contributed by atoms with van der Waals surface area (Å²) < 4.78 is 1.95. The Bertz CT molecular complexity index is 581. The third-order valence-corrected chi connectivity index (χ3v) is 3.82. The second-order valence-electron chi connectivity index (χ2n) is 5.67. The molecule has 2 aliphatic rings. The Labute approximate surface area is 112 Å². The summed E-state index contributed by atoms with van der Waals surface area (Å²) >= 11 is 0. The number of hydrogen-bond donors (Lipinski definition) is 1. The van der Waals surface area contributed by atoms with Gasteiger partial charge in [-0.15, -0.1) is 0 Å². The number of hydrogen-bond acceptors (Lipinski definition) is 3. The monoisotopic (exact) mass is 254 g/mol. The summed E-state index contributed by atoms with van der Waals surface area (Å²) in [5.41, 5.74) is 3.51. The van der Waals surface area contributed by atoms with Gasteiger partial charge in [-0.3, -0.25) is 4.98 Å². The molecule has 2 aromatic rings. The smallest absolute Gasteiger partial charge is 0.0832 e. The van der Waals surface area contributed by atoms with Crippen LogP contribution in [0.15, 0.2) is 30.7 Å². The van der Waals surface area contributed by atoms with Crippen molar-refractivity contribution < 1.29 is 0 Å². The van der Waals surface area contributed by atoms with E-state index in [1.807, 2.05) is 23.3 Å². The van der Waals surface area contributed by atoms with Crippen LogP contribution in [0.3, 0.4) is 0 Å². The van der Waals surface area contributed by atoms with Crippen LogP contribution in [0.5, 0.6) is 0 Å². The molecule has 2 heterocycles. The maximum atomic E-state index is 4.65. The van der Waals surface area contributed by atoms with E-state index >= 15 is 0 Å². The van der Waals surface area contributed by atoms with E-state index in [4.69, 9.17) is 0 Å². The van der Waals surface area contributed by atoms with Gasteiger partial charge in [-0.05, 0) is 43.4 Å². The summed E-state index contributed by atoms with van der Waals surface area (Å²) in [4.78, 5) is 4.33. The SMILES string of the molecule is c1ncc(-n2ccc(C3CC3)n2)cc1CNC1CC1. The third kappa shape index (κ3) is 2.54. The van der Waals surface area contributed by atoms with Crippen molar-refractivity contribution in [2.24, 2.45) is 0 Å². The lowest BCUT2D eigenvalue weighted by Gasteiger charge is -2.05. The van der Waals surface area contributed by atoms with Crippen LogP contribution in [-0.2, 0) is 6.54 Å². The zero-order valence-corrected chi connectivity index (χ0v) is 10.9. The Kier molecular flexibility index (Phi) is 2.62. The van der Waals surface area contributed by atoms with E-state index in [0.29, 0.717) is 5.92 Å². The lowest BCUT2D eigenvalue weighted by Crippen LogP contribution is -2.15. The van der Waals surface area contributed by atoms with Crippen LogP contribution in [-0.4, -0.2) is 20.8 Å². The van der Waals surface area contributed by atoms with Crippen molar-refractivity contribution in [3.63, 3.8) is 0 Å². The number of pyridine rings is 1. The summed E-state index contributed by atoms with van der Waals surface area (Å²) in [5.74, 6) is 0.703. The summed E-state index contributed by atoms with van der Waals surface area (Å²) in [7, 11) is 0. The highest BCUT2D eigenvalue weighted by Crippen LogP contribution is 2.39. The second-order valence-corrected chi connectivity index (χ2v) is 5.67. The molecule has 0 spiro atoms. The fourth-order valence-electron chi connectivity index (χ4n) is 2.32. The topological polar surface area (TPSA) is 42.7 Å². The molecule has 4 heteroatoms. The molecule has 0 unspecified atom stereocenters. The minimum atomic E-state index is 0.703. The van der Waals surface area contributed by atoms with E-state index in [9.17, 15) is 0 Å².